The van der Waals surface area contributed by atoms with Crippen LogP contribution in [0, 0.1) is 0 Å². The third-order valence-electron chi connectivity index (χ3n) is 1.32. The molecule has 0 radical (unpaired) electrons. The molecule has 0 amide bonds. The van der Waals surface area contributed by atoms with Crippen molar-refractivity contribution in [2.45, 2.75) is 13.8 Å². The molecule has 8 heteroatoms. The Morgan fingerprint density at radius 1 is 1.31 bits per heavy atom. The molecule has 0 aromatic heterocycles. The van der Waals surface area contributed by atoms with Crippen molar-refractivity contribution in [1.29, 1.82) is 0 Å². The maximum Gasteiger partial charge on any atom is 0.315 e. The first-order chi connectivity index (χ1) is 7.58. The highest BCUT2D eigenvalue weighted by molar-refractivity contribution is 8.69. The topological polar surface area (TPSA) is 44.8 Å². The number of rotatable bonds is 9. The average molecular weight is 304 g/mol. The third kappa shape index (κ3) is 7.92. The van der Waals surface area contributed by atoms with Gasteiger partial charge in [0, 0.05) is 5.08 Å². The number of ether oxygens (including phenoxy) is 1. The highest BCUT2D eigenvalue weighted by atomic mass is 32.9. The summed E-state index contributed by atoms with van der Waals surface area (Å²) in [7, 11) is 1.38. The molecule has 0 N–H and O–H groups in total. The highest BCUT2D eigenvalue weighted by Crippen LogP contribution is 2.61. The molecule has 0 aromatic rings. The van der Waals surface area contributed by atoms with Crippen molar-refractivity contribution >= 4 is 46.6 Å². The molecular formula is C8H17O4PS3. The monoisotopic (exact) mass is 304 g/mol. The summed E-state index contributed by atoms with van der Waals surface area (Å²) in [6, 6.07) is 0. The van der Waals surface area contributed by atoms with Gasteiger partial charge in [-0.3, -0.25) is 4.79 Å². The minimum absolute atomic E-state index is 0.230. The number of carbonyl (C=O) groups is 1. The molecule has 0 atom stereocenters. The smallest absolute Gasteiger partial charge is 0.315 e. The van der Waals surface area contributed by atoms with Crippen LogP contribution in [0.5, 0.6) is 0 Å². The van der Waals surface area contributed by atoms with Gasteiger partial charge in [0.1, 0.15) is 0 Å². The van der Waals surface area contributed by atoms with Crippen LogP contribution < -0.4 is 0 Å². The van der Waals surface area contributed by atoms with E-state index in [1.165, 1.54) is 30.3 Å². The molecule has 0 bridgehead atoms. The predicted molar refractivity (Wildman–Crippen MR) is 74.5 cm³/mol. The van der Waals surface area contributed by atoms with E-state index in [0.717, 1.165) is 0 Å². The third-order valence-corrected chi connectivity index (χ3v) is 8.42. The Labute approximate surface area is 110 Å². The largest absolute Gasteiger partial charge is 0.468 e. The predicted octanol–water partition coefficient (Wildman–Crippen LogP) is 2.88. The molecule has 0 aliphatic rings. The van der Waals surface area contributed by atoms with E-state index in [-0.39, 0.29) is 5.97 Å². The van der Waals surface area contributed by atoms with Crippen LogP contribution in [0.25, 0.3) is 0 Å². The molecule has 16 heavy (non-hydrogen) atoms. The molecule has 0 saturated heterocycles. The van der Waals surface area contributed by atoms with E-state index in [4.69, 9.17) is 20.9 Å². The van der Waals surface area contributed by atoms with Crippen molar-refractivity contribution < 1.29 is 18.6 Å². The lowest BCUT2D eigenvalue weighted by Crippen LogP contribution is -2.03. The van der Waals surface area contributed by atoms with Crippen LogP contribution in [-0.4, -0.2) is 37.1 Å². The van der Waals surface area contributed by atoms with Crippen LogP contribution in [0.2, 0.25) is 0 Å². The number of carbonyl (C=O) groups excluding carboxylic acids is 1. The second-order valence-corrected chi connectivity index (χ2v) is 10.1. The van der Waals surface area contributed by atoms with E-state index in [1.54, 1.807) is 0 Å². The SMILES string of the molecule is CCOP(=S)(OCC)SCSCC(=O)OC. The molecule has 0 aromatic carbocycles. The fourth-order valence-electron chi connectivity index (χ4n) is 0.714. The van der Waals surface area contributed by atoms with Gasteiger partial charge in [-0.2, -0.15) is 0 Å². The lowest BCUT2D eigenvalue weighted by molar-refractivity contribution is -0.137. The van der Waals surface area contributed by atoms with Crippen LogP contribution in [0.1, 0.15) is 13.8 Å². The summed E-state index contributed by atoms with van der Waals surface area (Å²) in [6.45, 7) is 4.88. The van der Waals surface area contributed by atoms with E-state index < -0.39 is 5.69 Å². The minimum atomic E-state index is -2.21. The van der Waals surface area contributed by atoms with Crippen LogP contribution in [0.15, 0.2) is 0 Å². The van der Waals surface area contributed by atoms with Crippen molar-refractivity contribution in [3.63, 3.8) is 0 Å². The zero-order valence-electron chi connectivity index (χ0n) is 9.63. The molecule has 0 unspecified atom stereocenters. The molecule has 0 rings (SSSR count). The van der Waals surface area contributed by atoms with Crippen LogP contribution in [-0.2, 0) is 30.4 Å². The quantitative estimate of drug-likeness (QED) is 0.281. The molecule has 0 fully saturated rings. The van der Waals surface area contributed by atoms with Crippen LogP contribution >= 0.6 is 28.8 Å². The Balaban J connectivity index is 3.85. The van der Waals surface area contributed by atoms with Gasteiger partial charge in [0.05, 0.1) is 26.1 Å². The van der Waals surface area contributed by atoms with E-state index in [1.807, 2.05) is 13.8 Å². The fourth-order valence-corrected chi connectivity index (χ4v) is 7.71. The first-order valence-corrected chi connectivity index (χ1v) is 10.1. The standard InChI is InChI=1S/C8H17O4PS3/c1-4-11-13(14,12-5-2)16-7-15-6-8(9)10-3/h4-7H2,1-3H3. The molecular weight excluding hydrogens is 287 g/mol. The van der Waals surface area contributed by atoms with Crippen molar-refractivity contribution in [3.8, 4) is 0 Å². The summed E-state index contributed by atoms with van der Waals surface area (Å²) >= 11 is 8.22. The minimum Gasteiger partial charge on any atom is -0.468 e. The fraction of sp³-hybridized carbons (Fsp3) is 0.875. The normalized spacial score (nSPS) is 11.4. The van der Waals surface area contributed by atoms with Gasteiger partial charge in [0.15, 0.2) is 0 Å². The van der Waals surface area contributed by atoms with Crippen molar-refractivity contribution in [2.24, 2.45) is 0 Å². The Hall–Kier alpha value is 0.740. The number of thioether (sulfide) groups is 1. The first kappa shape index (κ1) is 16.7. The van der Waals surface area contributed by atoms with Gasteiger partial charge < -0.3 is 13.8 Å². The zero-order chi connectivity index (χ0) is 12.4. The molecule has 0 aliphatic carbocycles. The van der Waals surface area contributed by atoms with E-state index >= 15 is 0 Å². The highest BCUT2D eigenvalue weighted by Gasteiger charge is 2.18. The van der Waals surface area contributed by atoms with E-state index in [2.05, 4.69) is 4.74 Å². The summed E-state index contributed by atoms with van der Waals surface area (Å²) < 4.78 is 15.4. The van der Waals surface area contributed by atoms with Gasteiger partial charge in [0.25, 0.3) is 0 Å². The first-order valence-electron chi connectivity index (χ1n) is 4.76. The number of hydrogen-bond donors (Lipinski definition) is 0. The van der Waals surface area contributed by atoms with Gasteiger partial charge >= 0.3 is 5.97 Å². The Bertz CT molecular complexity index is 239. The zero-order valence-corrected chi connectivity index (χ0v) is 13.0. The molecule has 0 heterocycles. The van der Waals surface area contributed by atoms with Gasteiger partial charge in [-0.15, -0.1) is 11.8 Å². The number of methoxy groups -OCH3 is 1. The number of esters is 1. The van der Waals surface area contributed by atoms with E-state index in [9.17, 15) is 4.79 Å². The summed E-state index contributed by atoms with van der Waals surface area (Å²) in [5, 5.41) is 0.673. The van der Waals surface area contributed by atoms with Crippen molar-refractivity contribution in [1.82, 2.24) is 0 Å². The van der Waals surface area contributed by atoms with Crippen molar-refractivity contribution in [3.05, 3.63) is 0 Å². The summed E-state index contributed by atoms with van der Waals surface area (Å²) in [4.78, 5) is 10.9. The van der Waals surface area contributed by atoms with Gasteiger partial charge in [0.2, 0.25) is 5.69 Å². The Kier molecular flexibility index (Phi) is 10.2. The van der Waals surface area contributed by atoms with Crippen molar-refractivity contribution in [2.75, 3.05) is 31.2 Å². The number of hydrogen-bond acceptors (Lipinski definition) is 7. The molecule has 96 valence electrons. The Morgan fingerprint density at radius 2 is 1.88 bits per heavy atom. The second kappa shape index (κ2) is 9.74. The summed E-state index contributed by atoms with van der Waals surface area (Å²) in [5.74, 6) is 0.101. The van der Waals surface area contributed by atoms with E-state index in [0.29, 0.717) is 24.1 Å². The molecule has 0 spiro atoms. The summed E-state index contributed by atoms with van der Waals surface area (Å²) in [5.41, 5.74) is -2.21. The average Bonchev–Trinajstić information content (AvgIpc) is 2.25. The Morgan fingerprint density at radius 3 is 2.31 bits per heavy atom. The lowest BCUT2D eigenvalue weighted by atomic mass is 10.8. The molecule has 4 nitrogen and oxygen atoms in total. The maximum atomic E-state index is 10.9. The maximum absolute atomic E-state index is 10.9. The lowest BCUT2D eigenvalue weighted by Gasteiger charge is -2.19. The van der Waals surface area contributed by atoms with Gasteiger partial charge in [-0.25, -0.2) is 0 Å². The van der Waals surface area contributed by atoms with Crippen LogP contribution in [0.3, 0.4) is 0 Å². The molecule has 0 aliphatic heterocycles. The van der Waals surface area contributed by atoms with Gasteiger partial charge in [-0.05, 0) is 25.7 Å². The van der Waals surface area contributed by atoms with Gasteiger partial charge in [-0.1, -0.05) is 11.4 Å². The molecule has 0 saturated carbocycles. The summed E-state index contributed by atoms with van der Waals surface area (Å²) in [6.07, 6.45) is 0. The van der Waals surface area contributed by atoms with Crippen LogP contribution in [0.4, 0.5) is 0 Å². The second-order valence-electron chi connectivity index (χ2n) is 2.45.